The van der Waals surface area contributed by atoms with E-state index in [1.807, 2.05) is 0 Å². The summed E-state index contributed by atoms with van der Waals surface area (Å²) >= 11 is 0. The number of epoxide rings is 2. The van der Waals surface area contributed by atoms with Gasteiger partial charge in [0.1, 0.15) is 25.4 Å². The Hall–Kier alpha value is -2.57. The van der Waals surface area contributed by atoms with Crippen LogP contribution in [0.25, 0.3) is 0 Å². The van der Waals surface area contributed by atoms with E-state index in [1.165, 1.54) is 70.6 Å². The fourth-order valence-corrected chi connectivity index (χ4v) is 9.04. The molecule has 0 radical (unpaired) electrons. The molecule has 11 heteroatoms. The number of allylic oxidation sites excluding steroid dienone is 3. The van der Waals surface area contributed by atoms with Crippen LogP contribution in [-0.2, 0) is 47.5 Å². The van der Waals surface area contributed by atoms with Crippen molar-refractivity contribution in [2.24, 2.45) is 0 Å². The number of carbonyl (C=O) groups is 3. The number of aliphatic hydroxyl groups is 1. The summed E-state index contributed by atoms with van der Waals surface area (Å²) in [5.74, 6) is -0.999. The van der Waals surface area contributed by atoms with Crippen LogP contribution in [0.2, 0.25) is 0 Å². The van der Waals surface area contributed by atoms with Crippen molar-refractivity contribution in [3.63, 3.8) is 0 Å². The quantitative estimate of drug-likeness (QED) is 0.0204. The van der Waals surface area contributed by atoms with Crippen LogP contribution < -0.4 is 0 Å². The van der Waals surface area contributed by atoms with Crippen LogP contribution in [0.1, 0.15) is 271 Å². The van der Waals surface area contributed by atoms with Crippen LogP contribution in [0.3, 0.4) is 0 Å². The molecular formula is C63H112O11. The highest BCUT2D eigenvalue weighted by atomic mass is 16.6. The van der Waals surface area contributed by atoms with Gasteiger partial charge in [-0.15, -0.1) is 0 Å². The molecule has 2 aliphatic rings. The van der Waals surface area contributed by atoms with Gasteiger partial charge >= 0.3 is 17.9 Å². The fourth-order valence-electron chi connectivity index (χ4n) is 9.04. The number of hydrogen-bond acceptors (Lipinski definition) is 11. The fraction of sp³-hybridized carbons (Fsp3) is 0.857. The van der Waals surface area contributed by atoms with E-state index in [0.29, 0.717) is 38.3 Å². The zero-order valence-electron chi connectivity index (χ0n) is 47.8. The molecule has 74 heavy (non-hydrogen) atoms. The number of aliphatic hydroxyl groups excluding tert-OH is 1. The Kier molecular flexibility index (Phi) is 45.6. The average Bonchev–Trinajstić information content (AvgIpc) is 4.35. The molecular weight excluding hydrogens is 933 g/mol. The van der Waals surface area contributed by atoms with Crippen molar-refractivity contribution in [3.8, 4) is 0 Å². The van der Waals surface area contributed by atoms with Gasteiger partial charge in [-0.1, -0.05) is 192 Å². The maximum Gasteiger partial charge on any atom is 0.306 e. The normalized spacial score (nSPS) is 17.0. The monoisotopic (exact) mass is 1040 g/mol. The zero-order valence-corrected chi connectivity index (χ0v) is 47.8. The third-order valence-corrected chi connectivity index (χ3v) is 14.1. The Labute approximate surface area is 452 Å². The molecule has 0 spiro atoms. The lowest BCUT2D eigenvalue weighted by atomic mass is 10.1. The number of rotatable bonds is 56. The first kappa shape index (κ1) is 67.5. The second-order valence-electron chi connectivity index (χ2n) is 21.5. The summed E-state index contributed by atoms with van der Waals surface area (Å²) in [5.41, 5.74) is 0. The Morgan fingerprint density at radius 3 is 1.19 bits per heavy atom. The number of carbonyl (C=O) groups excluding carboxylic acids is 3. The third kappa shape index (κ3) is 45.6. The van der Waals surface area contributed by atoms with Crippen molar-refractivity contribution in [3.05, 3.63) is 36.5 Å². The molecule has 0 aromatic rings. The van der Waals surface area contributed by atoms with E-state index in [1.54, 1.807) is 0 Å². The highest BCUT2D eigenvalue weighted by Crippen LogP contribution is 2.20. The van der Waals surface area contributed by atoms with Crippen molar-refractivity contribution < 1.29 is 52.6 Å². The summed E-state index contributed by atoms with van der Waals surface area (Å²) in [6.45, 7) is 9.54. The van der Waals surface area contributed by atoms with Gasteiger partial charge in [-0.25, -0.2) is 0 Å². The number of esters is 3. The minimum Gasteiger partial charge on any atom is -0.462 e. The van der Waals surface area contributed by atoms with Gasteiger partial charge in [0.2, 0.25) is 0 Å². The van der Waals surface area contributed by atoms with Crippen LogP contribution in [0.15, 0.2) is 36.5 Å². The Bertz CT molecular complexity index is 1390. The smallest absolute Gasteiger partial charge is 0.306 e. The van der Waals surface area contributed by atoms with Crippen molar-refractivity contribution in [1.29, 1.82) is 0 Å². The van der Waals surface area contributed by atoms with Gasteiger partial charge in [-0.3, -0.25) is 14.4 Å². The van der Waals surface area contributed by atoms with Gasteiger partial charge < -0.3 is 38.3 Å². The summed E-state index contributed by atoms with van der Waals surface area (Å²) < 4.78 is 39.9. The second-order valence-corrected chi connectivity index (χ2v) is 21.5. The van der Waals surface area contributed by atoms with E-state index in [0.717, 1.165) is 174 Å². The zero-order chi connectivity index (χ0) is 53.2. The molecule has 2 rings (SSSR count). The van der Waals surface area contributed by atoms with E-state index in [4.69, 9.17) is 33.2 Å². The SMILES string of the molecule is CCCCCCC(O)C/C=C/CCCCCCCC(=O)OCC(COC(=O)CCCCCCC/C=C/CC(CCCCCC)OCC1CO1)OC(=O)CCCCCCC/C=C/CC(CCCCCC)OCC1CO1. The first-order chi connectivity index (χ1) is 36.3. The van der Waals surface area contributed by atoms with E-state index in [2.05, 4.69) is 57.2 Å². The maximum atomic E-state index is 13.0. The van der Waals surface area contributed by atoms with E-state index >= 15 is 0 Å². The molecule has 0 amide bonds. The van der Waals surface area contributed by atoms with Crippen LogP contribution in [-0.4, -0.2) is 99.3 Å². The number of ether oxygens (including phenoxy) is 7. The van der Waals surface area contributed by atoms with Crippen molar-refractivity contribution in [2.45, 2.75) is 308 Å². The molecule has 0 aliphatic carbocycles. The van der Waals surface area contributed by atoms with Crippen molar-refractivity contribution in [2.75, 3.05) is 39.6 Å². The topological polar surface area (TPSA) is 143 Å². The van der Waals surface area contributed by atoms with Crippen LogP contribution in [0.5, 0.6) is 0 Å². The van der Waals surface area contributed by atoms with Gasteiger partial charge in [-0.2, -0.15) is 0 Å². The molecule has 0 bridgehead atoms. The molecule has 2 saturated heterocycles. The van der Waals surface area contributed by atoms with Crippen LogP contribution in [0, 0.1) is 0 Å². The van der Waals surface area contributed by atoms with Crippen molar-refractivity contribution in [1.82, 2.24) is 0 Å². The molecule has 6 atom stereocenters. The van der Waals surface area contributed by atoms with Gasteiger partial charge in [0.05, 0.1) is 44.7 Å². The summed E-state index contributed by atoms with van der Waals surface area (Å²) in [7, 11) is 0. The average molecular weight is 1050 g/mol. The Morgan fingerprint density at radius 2 is 0.784 bits per heavy atom. The molecule has 0 saturated carbocycles. The number of hydrogen-bond donors (Lipinski definition) is 1. The minimum absolute atomic E-state index is 0.121. The second kappa shape index (κ2) is 50.0. The molecule has 1 N–H and O–H groups in total. The van der Waals surface area contributed by atoms with Gasteiger partial charge in [0.15, 0.2) is 6.10 Å². The first-order valence-corrected chi connectivity index (χ1v) is 30.9. The summed E-state index contributed by atoms with van der Waals surface area (Å²) in [4.78, 5) is 38.5. The van der Waals surface area contributed by atoms with Crippen LogP contribution >= 0.6 is 0 Å². The lowest BCUT2D eigenvalue weighted by molar-refractivity contribution is -0.167. The van der Waals surface area contributed by atoms with Gasteiger partial charge in [0.25, 0.3) is 0 Å². The Balaban J connectivity index is 1.66. The highest BCUT2D eigenvalue weighted by molar-refractivity contribution is 5.71. The molecule has 11 nitrogen and oxygen atoms in total. The summed E-state index contributed by atoms with van der Waals surface area (Å²) in [6.07, 6.45) is 53.0. The largest absolute Gasteiger partial charge is 0.462 e. The molecule has 0 aromatic carbocycles. The number of unbranched alkanes of at least 4 members (excludes halogenated alkanes) is 24. The molecule has 0 aromatic heterocycles. The lowest BCUT2D eigenvalue weighted by Crippen LogP contribution is -2.30. The van der Waals surface area contributed by atoms with E-state index in [9.17, 15) is 19.5 Å². The van der Waals surface area contributed by atoms with Crippen LogP contribution in [0.4, 0.5) is 0 Å². The predicted molar refractivity (Wildman–Crippen MR) is 301 cm³/mol. The van der Waals surface area contributed by atoms with Gasteiger partial charge in [0, 0.05) is 19.3 Å². The first-order valence-electron chi connectivity index (χ1n) is 30.9. The summed E-state index contributed by atoms with van der Waals surface area (Å²) in [6, 6.07) is 0. The Morgan fingerprint density at radius 1 is 0.432 bits per heavy atom. The van der Waals surface area contributed by atoms with E-state index < -0.39 is 6.10 Å². The maximum absolute atomic E-state index is 13.0. The molecule has 2 fully saturated rings. The van der Waals surface area contributed by atoms with Crippen molar-refractivity contribution >= 4 is 17.9 Å². The third-order valence-electron chi connectivity index (χ3n) is 14.1. The molecule has 430 valence electrons. The molecule has 2 aliphatic heterocycles. The molecule has 2 heterocycles. The standard InChI is InChI=1S/C63H112O11/c1-4-7-10-31-40-55(64)41-32-25-19-13-16-22-28-37-46-61(65)72-53-60(74-63(67)48-39-30-24-18-15-21-27-36-45-57(43-34-12-9-6-3)69-50-59-52-71-59)54-73-62(66)47-38-29-23-17-14-20-26-35-44-56(42-33-11-8-5-2)68-49-58-51-70-58/h25-27,32,35-36,55-60,64H,4-24,28-31,33-34,37-54H2,1-3H3/b32-25+,35-26+,36-27+. The summed E-state index contributed by atoms with van der Waals surface area (Å²) in [5, 5.41) is 10.2. The van der Waals surface area contributed by atoms with Gasteiger partial charge in [-0.05, 0) is 96.3 Å². The lowest BCUT2D eigenvalue weighted by Gasteiger charge is -2.18. The van der Waals surface area contributed by atoms with E-state index in [-0.39, 0.29) is 55.9 Å². The minimum atomic E-state index is -0.830. The predicted octanol–water partition coefficient (Wildman–Crippen LogP) is 15.9. The highest BCUT2D eigenvalue weighted by Gasteiger charge is 2.25. The molecule has 6 unspecified atom stereocenters.